The van der Waals surface area contributed by atoms with E-state index in [9.17, 15) is 9.59 Å². The van der Waals surface area contributed by atoms with E-state index in [0.717, 1.165) is 18.5 Å². The summed E-state index contributed by atoms with van der Waals surface area (Å²) in [6, 6.07) is 12.7. The molecule has 30 heavy (non-hydrogen) atoms. The van der Waals surface area contributed by atoms with Crippen molar-refractivity contribution in [3.8, 4) is 6.07 Å². The van der Waals surface area contributed by atoms with Gasteiger partial charge in [-0.05, 0) is 49.1 Å². The number of aromatic nitrogens is 1. The van der Waals surface area contributed by atoms with Gasteiger partial charge in [-0.15, -0.1) is 0 Å². The maximum atomic E-state index is 13.2. The summed E-state index contributed by atoms with van der Waals surface area (Å²) in [5.74, 6) is 0.177. The Bertz CT molecular complexity index is 939. The number of urea groups is 1. The number of nitrogens with one attached hydrogen (secondary N) is 1. The summed E-state index contributed by atoms with van der Waals surface area (Å²) in [4.78, 5) is 29.5. The highest BCUT2D eigenvalue weighted by Gasteiger charge is 2.34. The minimum absolute atomic E-state index is 0.0306. The largest absolute Gasteiger partial charge is 0.353 e. The first-order valence-electron chi connectivity index (χ1n) is 10.3. The molecule has 0 atom stereocenters. The molecule has 0 aliphatic heterocycles. The van der Waals surface area contributed by atoms with Gasteiger partial charge in [-0.3, -0.25) is 4.79 Å². The zero-order chi connectivity index (χ0) is 21.7. The van der Waals surface area contributed by atoms with E-state index in [-0.39, 0.29) is 30.4 Å². The molecule has 7 heteroatoms. The number of benzene rings is 1. The molecule has 1 heterocycles. The molecule has 1 aliphatic carbocycles. The molecule has 0 radical (unpaired) electrons. The van der Waals surface area contributed by atoms with E-state index in [2.05, 4.69) is 11.4 Å². The number of rotatable bonds is 8. The van der Waals surface area contributed by atoms with Crippen molar-refractivity contribution in [2.75, 3.05) is 18.4 Å². The molecule has 0 unspecified atom stereocenters. The minimum atomic E-state index is -0.332. The monoisotopic (exact) mass is 407 g/mol. The molecule has 0 saturated heterocycles. The molecule has 1 fully saturated rings. The van der Waals surface area contributed by atoms with Crippen LogP contribution in [-0.4, -0.2) is 45.4 Å². The molecule has 1 aliphatic rings. The summed E-state index contributed by atoms with van der Waals surface area (Å²) in [5, 5.41) is 11.9. The van der Waals surface area contributed by atoms with E-state index >= 15 is 0 Å². The first-order valence-corrected chi connectivity index (χ1v) is 10.3. The number of aryl methyl sites for hydroxylation is 1. The van der Waals surface area contributed by atoms with Crippen LogP contribution in [0.3, 0.4) is 0 Å². The molecular weight excluding hydrogens is 378 g/mol. The normalized spacial score (nSPS) is 13.0. The van der Waals surface area contributed by atoms with E-state index in [0.29, 0.717) is 24.3 Å². The van der Waals surface area contributed by atoms with Gasteiger partial charge in [-0.2, -0.15) is 5.26 Å². The number of hydrogen-bond donors (Lipinski definition) is 1. The first kappa shape index (κ1) is 21.4. The molecule has 158 valence electrons. The van der Waals surface area contributed by atoms with Crippen molar-refractivity contribution in [1.82, 2.24) is 14.4 Å². The third-order valence-corrected chi connectivity index (χ3v) is 5.13. The maximum Gasteiger partial charge on any atom is 0.322 e. The third-order valence-electron chi connectivity index (χ3n) is 5.13. The van der Waals surface area contributed by atoms with Gasteiger partial charge in [-0.1, -0.05) is 19.9 Å². The highest BCUT2D eigenvalue weighted by Crippen LogP contribution is 2.28. The van der Waals surface area contributed by atoms with Gasteiger partial charge in [0.25, 0.3) is 0 Å². The topological polar surface area (TPSA) is 81.4 Å². The van der Waals surface area contributed by atoms with E-state index in [1.54, 1.807) is 29.2 Å². The van der Waals surface area contributed by atoms with Crippen LogP contribution in [0.1, 0.15) is 37.9 Å². The van der Waals surface area contributed by atoms with Gasteiger partial charge in [0.15, 0.2) is 0 Å². The molecule has 0 bridgehead atoms. The van der Waals surface area contributed by atoms with E-state index in [1.807, 2.05) is 48.7 Å². The Labute approximate surface area is 177 Å². The lowest BCUT2D eigenvalue weighted by molar-refractivity contribution is -0.133. The highest BCUT2D eigenvalue weighted by atomic mass is 16.2. The Morgan fingerprint density at radius 2 is 2.03 bits per heavy atom. The second-order valence-corrected chi connectivity index (χ2v) is 8.26. The minimum Gasteiger partial charge on any atom is -0.353 e. The standard InChI is InChI=1S/C23H29N5O2/c1-17(2)14-27(23(30)25-19-7-4-6-18(12-19)13-24)16-22(29)28(20-9-10-20)15-21-8-5-11-26(21)3/h4-8,11-12,17,20H,9-10,14-16H2,1-3H3,(H,25,30). The van der Waals surface area contributed by atoms with Gasteiger partial charge in [-0.25, -0.2) is 4.79 Å². The molecule has 3 amide bonds. The SMILES string of the molecule is CC(C)CN(CC(=O)N(Cc1cccn1C)C1CC1)C(=O)Nc1cccc(C#N)c1. The zero-order valence-corrected chi connectivity index (χ0v) is 17.8. The van der Waals surface area contributed by atoms with Crippen molar-refractivity contribution in [3.05, 3.63) is 53.9 Å². The molecule has 1 aromatic carbocycles. The summed E-state index contributed by atoms with van der Waals surface area (Å²) < 4.78 is 2.02. The van der Waals surface area contributed by atoms with Crippen molar-refractivity contribution in [1.29, 1.82) is 5.26 Å². The first-order chi connectivity index (χ1) is 14.4. The lowest BCUT2D eigenvalue weighted by atomic mass is 10.2. The fourth-order valence-corrected chi connectivity index (χ4v) is 3.43. The Balaban J connectivity index is 1.70. The number of amides is 3. The van der Waals surface area contributed by atoms with Crippen LogP contribution in [-0.2, 0) is 18.4 Å². The second kappa shape index (κ2) is 9.49. The molecule has 1 saturated carbocycles. The Hall–Kier alpha value is -3.27. The number of nitrogens with zero attached hydrogens (tertiary/aromatic N) is 4. The lowest BCUT2D eigenvalue weighted by Crippen LogP contribution is -2.46. The summed E-state index contributed by atoms with van der Waals surface area (Å²) in [5.41, 5.74) is 2.09. The van der Waals surface area contributed by atoms with Crippen molar-refractivity contribution in [3.63, 3.8) is 0 Å². The predicted octanol–water partition coefficient (Wildman–Crippen LogP) is 3.58. The van der Waals surface area contributed by atoms with E-state index < -0.39 is 0 Å². The molecule has 2 aromatic rings. The van der Waals surface area contributed by atoms with Gasteiger partial charge < -0.3 is 19.7 Å². The van der Waals surface area contributed by atoms with Crippen LogP contribution >= 0.6 is 0 Å². The highest BCUT2D eigenvalue weighted by molar-refractivity contribution is 5.92. The fraction of sp³-hybridized carbons (Fsp3) is 0.435. The zero-order valence-electron chi connectivity index (χ0n) is 17.8. The van der Waals surface area contributed by atoms with Gasteiger partial charge >= 0.3 is 6.03 Å². The van der Waals surface area contributed by atoms with Crippen LogP contribution in [0.4, 0.5) is 10.5 Å². The maximum absolute atomic E-state index is 13.2. The number of nitriles is 1. The van der Waals surface area contributed by atoms with E-state index in [4.69, 9.17) is 5.26 Å². The van der Waals surface area contributed by atoms with Crippen LogP contribution in [0, 0.1) is 17.2 Å². The second-order valence-electron chi connectivity index (χ2n) is 8.26. The molecular formula is C23H29N5O2. The number of anilines is 1. The van der Waals surface area contributed by atoms with Crippen LogP contribution in [0.25, 0.3) is 0 Å². The Kier molecular flexibility index (Phi) is 6.78. The Morgan fingerprint density at radius 1 is 1.27 bits per heavy atom. The lowest BCUT2D eigenvalue weighted by Gasteiger charge is -2.29. The summed E-state index contributed by atoms with van der Waals surface area (Å²) in [6.45, 7) is 5.09. The van der Waals surface area contributed by atoms with Crippen LogP contribution in [0.5, 0.6) is 0 Å². The predicted molar refractivity (Wildman–Crippen MR) is 116 cm³/mol. The van der Waals surface area contributed by atoms with Gasteiger partial charge in [0.2, 0.25) is 5.91 Å². The van der Waals surface area contributed by atoms with Crippen molar-refractivity contribution in [2.24, 2.45) is 13.0 Å². The van der Waals surface area contributed by atoms with Gasteiger partial charge in [0, 0.05) is 37.2 Å². The molecule has 7 nitrogen and oxygen atoms in total. The number of carbonyl (C=O) groups excluding carboxylic acids is 2. The van der Waals surface area contributed by atoms with E-state index in [1.165, 1.54) is 0 Å². The quantitative estimate of drug-likeness (QED) is 0.726. The van der Waals surface area contributed by atoms with Crippen molar-refractivity contribution >= 4 is 17.6 Å². The summed E-state index contributed by atoms with van der Waals surface area (Å²) >= 11 is 0. The fourth-order valence-electron chi connectivity index (χ4n) is 3.43. The van der Waals surface area contributed by atoms with Crippen molar-refractivity contribution < 1.29 is 9.59 Å². The average molecular weight is 408 g/mol. The smallest absolute Gasteiger partial charge is 0.322 e. The van der Waals surface area contributed by atoms with Crippen LogP contribution in [0.15, 0.2) is 42.6 Å². The van der Waals surface area contributed by atoms with Crippen LogP contribution < -0.4 is 5.32 Å². The van der Waals surface area contributed by atoms with Gasteiger partial charge in [0.1, 0.15) is 6.54 Å². The summed E-state index contributed by atoms with van der Waals surface area (Å²) in [7, 11) is 1.97. The summed E-state index contributed by atoms with van der Waals surface area (Å²) in [6.07, 6.45) is 3.99. The average Bonchev–Trinajstić information content (AvgIpc) is 3.47. The molecule has 1 aromatic heterocycles. The Morgan fingerprint density at radius 3 is 2.63 bits per heavy atom. The molecule has 3 rings (SSSR count). The molecule has 0 spiro atoms. The number of carbonyl (C=O) groups is 2. The third kappa shape index (κ3) is 5.63. The van der Waals surface area contributed by atoms with Crippen LogP contribution in [0.2, 0.25) is 0 Å². The molecule has 1 N–H and O–H groups in total. The number of hydrogen-bond acceptors (Lipinski definition) is 3. The van der Waals surface area contributed by atoms with Crippen molar-refractivity contribution in [2.45, 2.75) is 39.3 Å². The van der Waals surface area contributed by atoms with Gasteiger partial charge in [0.05, 0.1) is 18.2 Å².